The number of rotatable bonds is 7. The average molecular weight is 360 g/mol. The molecule has 0 saturated heterocycles. The zero-order chi connectivity index (χ0) is 18.2. The zero-order valence-corrected chi connectivity index (χ0v) is 15.1. The van der Waals surface area contributed by atoms with Gasteiger partial charge in [0.15, 0.2) is 0 Å². The van der Waals surface area contributed by atoms with Crippen molar-refractivity contribution >= 4 is 34.8 Å². The molecule has 25 heavy (non-hydrogen) atoms. The average Bonchev–Trinajstić information content (AvgIpc) is 2.58. The molecule has 0 spiro atoms. The lowest BCUT2D eigenvalue weighted by molar-refractivity contribution is -0.124. The van der Waals surface area contributed by atoms with Crippen molar-refractivity contribution in [3.8, 4) is 0 Å². The SMILES string of the molecule is CN(C)c1ccc(NC(=O)CNC(=O)CCc2cccc(Cl)c2)cc1. The molecule has 0 bridgehead atoms. The standard InChI is InChI=1S/C19H22ClN3O2/c1-23(2)17-9-7-16(8-10-17)22-19(25)13-21-18(24)11-6-14-4-3-5-15(20)12-14/h3-5,7-10,12H,6,11,13H2,1-2H3,(H,21,24)(H,22,25). The first kappa shape index (κ1) is 18.8. The van der Waals surface area contributed by atoms with Crippen LogP contribution in [0.3, 0.4) is 0 Å². The lowest BCUT2D eigenvalue weighted by atomic mass is 10.1. The number of halogens is 1. The predicted octanol–water partition coefficient (Wildman–Crippen LogP) is 3.09. The van der Waals surface area contributed by atoms with Gasteiger partial charge < -0.3 is 15.5 Å². The fourth-order valence-electron chi connectivity index (χ4n) is 2.27. The van der Waals surface area contributed by atoms with Gasteiger partial charge in [0.25, 0.3) is 0 Å². The second-order valence-corrected chi connectivity index (χ2v) is 6.33. The number of hydrogen-bond acceptors (Lipinski definition) is 3. The Morgan fingerprint density at radius 1 is 1.04 bits per heavy atom. The highest BCUT2D eigenvalue weighted by Crippen LogP contribution is 2.15. The van der Waals surface area contributed by atoms with E-state index < -0.39 is 0 Å². The van der Waals surface area contributed by atoms with Crippen molar-refractivity contribution in [1.82, 2.24) is 5.32 Å². The van der Waals surface area contributed by atoms with Gasteiger partial charge in [-0.15, -0.1) is 0 Å². The summed E-state index contributed by atoms with van der Waals surface area (Å²) in [6.45, 7) is -0.0518. The van der Waals surface area contributed by atoms with Gasteiger partial charge >= 0.3 is 0 Å². The van der Waals surface area contributed by atoms with Crippen LogP contribution in [0.25, 0.3) is 0 Å². The van der Waals surface area contributed by atoms with Gasteiger partial charge in [-0.2, -0.15) is 0 Å². The first-order valence-corrected chi connectivity index (χ1v) is 8.40. The number of hydrogen-bond donors (Lipinski definition) is 2. The maximum atomic E-state index is 11.9. The highest BCUT2D eigenvalue weighted by Gasteiger charge is 2.07. The highest BCUT2D eigenvalue weighted by atomic mass is 35.5. The fourth-order valence-corrected chi connectivity index (χ4v) is 2.48. The second kappa shape index (κ2) is 9.08. The van der Waals surface area contributed by atoms with E-state index in [1.807, 2.05) is 61.5 Å². The van der Waals surface area contributed by atoms with Gasteiger partial charge in [0.1, 0.15) is 0 Å². The molecule has 0 atom stereocenters. The molecule has 0 aliphatic rings. The molecule has 6 heteroatoms. The van der Waals surface area contributed by atoms with Crippen LogP contribution in [0.4, 0.5) is 11.4 Å². The minimum atomic E-state index is -0.256. The van der Waals surface area contributed by atoms with Crippen molar-refractivity contribution in [2.45, 2.75) is 12.8 Å². The number of anilines is 2. The molecule has 0 heterocycles. The van der Waals surface area contributed by atoms with E-state index in [-0.39, 0.29) is 18.4 Å². The van der Waals surface area contributed by atoms with Crippen LogP contribution < -0.4 is 15.5 Å². The molecule has 5 nitrogen and oxygen atoms in total. The minimum absolute atomic E-state index is 0.0518. The highest BCUT2D eigenvalue weighted by molar-refractivity contribution is 6.30. The smallest absolute Gasteiger partial charge is 0.243 e. The van der Waals surface area contributed by atoms with Crippen molar-refractivity contribution in [2.75, 3.05) is 30.9 Å². The van der Waals surface area contributed by atoms with E-state index in [1.54, 1.807) is 6.07 Å². The number of carbonyl (C=O) groups is 2. The lowest BCUT2D eigenvalue weighted by Gasteiger charge is -2.13. The van der Waals surface area contributed by atoms with E-state index in [1.165, 1.54) is 0 Å². The Morgan fingerprint density at radius 3 is 2.40 bits per heavy atom. The molecule has 0 saturated carbocycles. The van der Waals surface area contributed by atoms with E-state index >= 15 is 0 Å². The molecule has 0 aromatic heterocycles. The summed E-state index contributed by atoms with van der Waals surface area (Å²) in [4.78, 5) is 25.7. The van der Waals surface area contributed by atoms with Gasteiger partial charge in [-0.1, -0.05) is 23.7 Å². The second-order valence-electron chi connectivity index (χ2n) is 5.90. The zero-order valence-electron chi connectivity index (χ0n) is 14.4. The Balaban J connectivity index is 1.72. The van der Waals surface area contributed by atoms with E-state index in [0.29, 0.717) is 23.6 Å². The Bertz CT molecular complexity index is 730. The van der Waals surface area contributed by atoms with Crippen LogP contribution in [0.2, 0.25) is 5.02 Å². The van der Waals surface area contributed by atoms with E-state index in [4.69, 9.17) is 11.6 Å². The predicted molar refractivity (Wildman–Crippen MR) is 102 cm³/mol. The van der Waals surface area contributed by atoms with Gasteiger partial charge in [-0.25, -0.2) is 0 Å². The number of benzene rings is 2. The Labute approximate surface area is 153 Å². The van der Waals surface area contributed by atoms with Crippen molar-refractivity contribution in [3.05, 3.63) is 59.1 Å². The molecule has 0 unspecified atom stereocenters. The molecule has 2 aromatic rings. The number of carbonyl (C=O) groups excluding carboxylic acids is 2. The number of nitrogens with one attached hydrogen (secondary N) is 2. The largest absolute Gasteiger partial charge is 0.378 e. The van der Waals surface area contributed by atoms with Crippen molar-refractivity contribution in [2.24, 2.45) is 0 Å². The van der Waals surface area contributed by atoms with E-state index in [0.717, 1.165) is 11.3 Å². The fraction of sp³-hybridized carbons (Fsp3) is 0.263. The molecule has 2 rings (SSSR count). The molecule has 2 N–H and O–H groups in total. The maximum absolute atomic E-state index is 11.9. The molecule has 2 aromatic carbocycles. The molecular formula is C19H22ClN3O2. The van der Waals surface area contributed by atoms with Crippen LogP contribution in [-0.2, 0) is 16.0 Å². The van der Waals surface area contributed by atoms with Crippen LogP contribution in [0, 0.1) is 0 Å². The first-order valence-electron chi connectivity index (χ1n) is 8.02. The van der Waals surface area contributed by atoms with Crippen LogP contribution >= 0.6 is 11.6 Å². The van der Waals surface area contributed by atoms with Gasteiger partial charge in [-0.05, 0) is 48.4 Å². The normalized spacial score (nSPS) is 10.2. The number of aryl methyl sites for hydroxylation is 1. The third-order valence-electron chi connectivity index (χ3n) is 3.64. The molecule has 0 radical (unpaired) electrons. The summed E-state index contributed by atoms with van der Waals surface area (Å²) in [6, 6.07) is 14.9. The molecule has 132 valence electrons. The summed E-state index contributed by atoms with van der Waals surface area (Å²) in [6.07, 6.45) is 0.894. The van der Waals surface area contributed by atoms with Crippen LogP contribution in [0.15, 0.2) is 48.5 Å². The maximum Gasteiger partial charge on any atom is 0.243 e. The minimum Gasteiger partial charge on any atom is -0.378 e. The van der Waals surface area contributed by atoms with Crippen molar-refractivity contribution < 1.29 is 9.59 Å². The van der Waals surface area contributed by atoms with Gasteiger partial charge in [0.05, 0.1) is 6.54 Å². The van der Waals surface area contributed by atoms with E-state index in [2.05, 4.69) is 10.6 Å². The number of amides is 2. The summed E-state index contributed by atoms with van der Waals surface area (Å²) in [5.41, 5.74) is 2.74. The molecular weight excluding hydrogens is 338 g/mol. The summed E-state index contributed by atoms with van der Waals surface area (Å²) in [7, 11) is 3.90. The topological polar surface area (TPSA) is 61.4 Å². The lowest BCUT2D eigenvalue weighted by Crippen LogP contribution is -2.32. The Kier molecular flexibility index (Phi) is 6.83. The molecule has 0 aliphatic heterocycles. The van der Waals surface area contributed by atoms with Crippen LogP contribution in [0.1, 0.15) is 12.0 Å². The van der Waals surface area contributed by atoms with Crippen molar-refractivity contribution in [3.63, 3.8) is 0 Å². The monoisotopic (exact) mass is 359 g/mol. The van der Waals surface area contributed by atoms with Crippen molar-refractivity contribution in [1.29, 1.82) is 0 Å². The van der Waals surface area contributed by atoms with Crippen LogP contribution in [-0.4, -0.2) is 32.5 Å². The molecule has 2 amide bonds. The number of nitrogens with zero attached hydrogens (tertiary/aromatic N) is 1. The van der Waals surface area contributed by atoms with E-state index in [9.17, 15) is 9.59 Å². The summed E-state index contributed by atoms with van der Waals surface area (Å²) < 4.78 is 0. The quantitative estimate of drug-likeness (QED) is 0.798. The Hall–Kier alpha value is -2.53. The van der Waals surface area contributed by atoms with Gasteiger partial charge in [-0.3, -0.25) is 9.59 Å². The third-order valence-corrected chi connectivity index (χ3v) is 3.88. The molecule has 0 aliphatic carbocycles. The van der Waals surface area contributed by atoms with Crippen LogP contribution in [0.5, 0.6) is 0 Å². The summed E-state index contributed by atoms with van der Waals surface area (Å²) in [5, 5.41) is 6.03. The summed E-state index contributed by atoms with van der Waals surface area (Å²) >= 11 is 5.91. The van der Waals surface area contributed by atoms with Gasteiger partial charge in [0.2, 0.25) is 11.8 Å². The van der Waals surface area contributed by atoms with Gasteiger partial charge in [0, 0.05) is 36.9 Å². The third kappa shape index (κ3) is 6.47. The first-order chi connectivity index (χ1) is 11.9. The summed E-state index contributed by atoms with van der Waals surface area (Å²) in [5.74, 6) is -0.424. The Morgan fingerprint density at radius 2 is 1.76 bits per heavy atom. The molecule has 0 fully saturated rings.